The molecule has 7 atom stereocenters. The molecule has 3 aliphatic rings. The first-order valence-corrected chi connectivity index (χ1v) is 11.8. The quantitative estimate of drug-likeness (QED) is 0.674. The van der Waals surface area contributed by atoms with Crippen molar-refractivity contribution in [2.24, 2.45) is 22.7 Å². The number of carbonyl (C=O) groups is 1. The second kappa shape index (κ2) is 8.27. The van der Waals surface area contributed by atoms with Crippen molar-refractivity contribution in [1.29, 1.82) is 0 Å². The van der Waals surface area contributed by atoms with Crippen LogP contribution in [0.4, 0.5) is 0 Å². The lowest BCUT2D eigenvalue weighted by Gasteiger charge is -2.62. The lowest BCUT2D eigenvalue weighted by molar-refractivity contribution is -0.432. The van der Waals surface area contributed by atoms with Crippen LogP contribution < -0.4 is 11.1 Å². The molecule has 7 heteroatoms. The molecule has 162 valence electrons. The van der Waals surface area contributed by atoms with E-state index in [1.807, 2.05) is 17.5 Å². The molecule has 0 radical (unpaired) electrons. The van der Waals surface area contributed by atoms with Gasteiger partial charge in [-0.1, -0.05) is 19.9 Å². The van der Waals surface area contributed by atoms with Gasteiger partial charge in [0.1, 0.15) is 6.54 Å². The van der Waals surface area contributed by atoms with Gasteiger partial charge in [0.15, 0.2) is 0 Å². The summed E-state index contributed by atoms with van der Waals surface area (Å²) in [6, 6.07) is 4.03. The molecule has 2 heterocycles. The number of rotatable bonds is 5. The first-order chi connectivity index (χ1) is 13.9. The number of fused-ring (bicyclic) bond motifs is 3. The number of ether oxygens (including phenoxy) is 2. The van der Waals surface area contributed by atoms with Crippen LogP contribution in [0.25, 0.3) is 0 Å². The Hall–Kier alpha value is -0.990. The normalized spacial score (nSPS) is 42.0. The monoisotopic (exact) mass is 423 g/mol. The maximum absolute atomic E-state index is 12.7. The first-order valence-electron chi connectivity index (χ1n) is 10.9. The van der Waals surface area contributed by atoms with Gasteiger partial charge in [0.25, 0.3) is 0 Å². The first kappa shape index (κ1) is 21.2. The number of aliphatic hydroxyl groups excluding tert-OH is 1. The molecule has 5 N–H and O–H groups in total. The number of carbonyl (C=O) groups excluding carboxylic acids is 1. The molecule has 1 amide bonds. The van der Waals surface area contributed by atoms with Gasteiger partial charge < -0.3 is 25.6 Å². The average molecular weight is 424 g/mol. The number of hydrogen-bond acceptors (Lipinski definition) is 5. The predicted molar refractivity (Wildman–Crippen MR) is 111 cm³/mol. The minimum Gasteiger partial charge on any atom is -0.393 e. The zero-order chi connectivity index (χ0) is 20.6. The molecule has 2 aliphatic carbocycles. The van der Waals surface area contributed by atoms with E-state index in [0.717, 1.165) is 30.6 Å². The van der Waals surface area contributed by atoms with Crippen molar-refractivity contribution in [2.75, 3.05) is 13.2 Å². The van der Waals surface area contributed by atoms with E-state index >= 15 is 0 Å². The van der Waals surface area contributed by atoms with Crippen molar-refractivity contribution in [3.63, 3.8) is 0 Å². The van der Waals surface area contributed by atoms with E-state index in [-0.39, 0.29) is 35.0 Å². The highest BCUT2D eigenvalue weighted by molar-refractivity contribution is 7.09. The summed E-state index contributed by atoms with van der Waals surface area (Å²) in [6.45, 7) is 6.43. The molecule has 0 spiro atoms. The van der Waals surface area contributed by atoms with Crippen molar-refractivity contribution in [1.82, 2.24) is 5.32 Å². The van der Waals surface area contributed by atoms with E-state index in [4.69, 9.17) is 9.47 Å². The summed E-state index contributed by atoms with van der Waals surface area (Å²) in [4.78, 5) is 13.9. The summed E-state index contributed by atoms with van der Waals surface area (Å²) in [5.74, 6) is 0.371. The van der Waals surface area contributed by atoms with Crippen LogP contribution in [0, 0.1) is 22.7 Å². The number of amides is 1. The smallest absolute Gasteiger partial charge is 0.220 e. The molecular weight excluding hydrogens is 388 g/mol. The standard InChI is InChI=1S/C22H34N2O4S/c1-21-8-7-18-22(2,13-27-20(11-23)28-18)17(21)6-5-16(25)15(21)10-19(26)24-12-14-4-3-9-29-14/h3-4,9,15-18,20,25H,5-8,10-13,23H2,1-2H3,(H,24,26)/p+1/t15-,16-,17+,18-,20-,21+,22+/m1/s1. The van der Waals surface area contributed by atoms with Crippen LogP contribution >= 0.6 is 11.3 Å². The van der Waals surface area contributed by atoms with Crippen LogP contribution in [0.2, 0.25) is 0 Å². The summed E-state index contributed by atoms with van der Waals surface area (Å²) in [6.07, 6.45) is 3.54. The molecule has 3 fully saturated rings. The Labute approximate surface area is 177 Å². The van der Waals surface area contributed by atoms with E-state index in [1.165, 1.54) is 0 Å². The fraction of sp³-hybridized carbons (Fsp3) is 0.773. The second-order valence-corrected chi connectivity index (χ2v) is 10.6. The van der Waals surface area contributed by atoms with Crippen LogP contribution in [0.15, 0.2) is 17.5 Å². The van der Waals surface area contributed by atoms with Gasteiger partial charge in [-0.3, -0.25) is 4.79 Å². The Bertz CT molecular complexity index is 714. The fourth-order valence-corrected chi connectivity index (χ4v) is 6.95. The Morgan fingerprint density at radius 3 is 2.90 bits per heavy atom. The van der Waals surface area contributed by atoms with Gasteiger partial charge in [0.2, 0.25) is 12.2 Å². The molecule has 0 unspecified atom stereocenters. The van der Waals surface area contributed by atoms with Crippen molar-refractivity contribution in [2.45, 2.75) is 71.0 Å². The number of nitrogens with one attached hydrogen (secondary N) is 1. The highest BCUT2D eigenvalue weighted by Gasteiger charge is 2.61. The molecule has 29 heavy (non-hydrogen) atoms. The summed E-state index contributed by atoms with van der Waals surface area (Å²) in [5, 5.41) is 16.0. The molecular formula is C22H35N2O4S+. The number of aliphatic hydroxyl groups is 1. The molecule has 1 aliphatic heterocycles. The van der Waals surface area contributed by atoms with Crippen LogP contribution in [0.5, 0.6) is 0 Å². The largest absolute Gasteiger partial charge is 0.393 e. The topological polar surface area (TPSA) is 95.4 Å². The zero-order valence-electron chi connectivity index (χ0n) is 17.6. The summed E-state index contributed by atoms with van der Waals surface area (Å²) in [7, 11) is 0. The number of thiophene rings is 1. The summed E-state index contributed by atoms with van der Waals surface area (Å²) < 4.78 is 12.2. The van der Waals surface area contributed by atoms with Gasteiger partial charge in [0, 0.05) is 16.7 Å². The minimum atomic E-state index is -0.429. The van der Waals surface area contributed by atoms with Gasteiger partial charge in [0.05, 0.1) is 25.4 Å². The Morgan fingerprint density at radius 1 is 1.34 bits per heavy atom. The minimum absolute atomic E-state index is 0.0323. The van der Waals surface area contributed by atoms with Gasteiger partial charge in [-0.15, -0.1) is 11.3 Å². The highest BCUT2D eigenvalue weighted by Crippen LogP contribution is 2.62. The Morgan fingerprint density at radius 2 is 2.17 bits per heavy atom. The maximum atomic E-state index is 12.7. The van der Waals surface area contributed by atoms with Gasteiger partial charge in [-0.05, 0) is 54.4 Å². The maximum Gasteiger partial charge on any atom is 0.220 e. The lowest BCUT2D eigenvalue weighted by atomic mass is 9.46. The second-order valence-electron chi connectivity index (χ2n) is 9.57. The summed E-state index contributed by atoms with van der Waals surface area (Å²) >= 11 is 1.65. The van der Waals surface area contributed by atoms with Crippen molar-refractivity contribution in [3.05, 3.63) is 22.4 Å². The fourth-order valence-electron chi connectivity index (χ4n) is 6.31. The van der Waals surface area contributed by atoms with Gasteiger partial charge >= 0.3 is 0 Å². The Kier molecular flexibility index (Phi) is 6.06. The highest BCUT2D eigenvalue weighted by atomic mass is 32.1. The van der Waals surface area contributed by atoms with Crippen molar-refractivity contribution < 1.29 is 25.1 Å². The van der Waals surface area contributed by atoms with Crippen molar-refractivity contribution in [3.8, 4) is 0 Å². The van der Waals surface area contributed by atoms with Crippen LogP contribution in [0.3, 0.4) is 0 Å². The molecule has 1 saturated heterocycles. The molecule has 1 aromatic heterocycles. The summed E-state index contributed by atoms with van der Waals surface area (Å²) in [5.41, 5.74) is 3.76. The molecule has 0 bridgehead atoms. The van der Waals surface area contributed by atoms with E-state index in [2.05, 4.69) is 24.9 Å². The molecule has 0 aromatic carbocycles. The zero-order valence-corrected chi connectivity index (χ0v) is 18.4. The molecule has 1 aromatic rings. The van der Waals surface area contributed by atoms with Gasteiger partial charge in [-0.2, -0.15) is 0 Å². The lowest BCUT2D eigenvalue weighted by Crippen LogP contribution is -2.66. The third-order valence-corrected chi connectivity index (χ3v) is 8.79. The van der Waals surface area contributed by atoms with Crippen LogP contribution in [0.1, 0.15) is 50.8 Å². The third kappa shape index (κ3) is 3.88. The SMILES string of the molecule is C[C@@]12CO[C@@H](C[NH3+])O[C@@H]1CC[C@]1(C)[C@@H]2CC[C@@H](O)[C@H]1CC(=O)NCc1cccs1. The van der Waals surface area contributed by atoms with Gasteiger partial charge in [-0.25, -0.2) is 0 Å². The molecule has 4 rings (SSSR count). The Balaban J connectivity index is 1.48. The average Bonchev–Trinajstić information content (AvgIpc) is 3.22. The van der Waals surface area contributed by atoms with E-state index in [1.54, 1.807) is 11.3 Å². The van der Waals surface area contributed by atoms with E-state index < -0.39 is 6.10 Å². The molecule has 6 nitrogen and oxygen atoms in total. The van der Waals surface area contributed by atoms with E-state index in [9.17, 15) is 9.90 Å². The third-order valence-electron chi connectivity index (χ3n) is 7.91. The van der Waals surface area contributed by atoms with Crippen LogP contribution in [-0.2, 0) is 20.8 Å². The molecule has 2 saturated carbocycles. The number of quaternary nitrogens is 1. The van der Waals surface area contributed by atoms with Crippen LogP contribution in [-0.4, -0.2) is 42.7 Å². The van der Waals surface area contributed by atoms with E-state index in [0.29, 0.717) is 32.0 Å². The number of hydrogen-bond donors (Lipinski definition) is 3. The predicted octanol–water partition coefficient (Wildman–Crippen LogP) is 1.93. The van der Waals surface area contributed by atoms with Crippen molar-refractivity contribution >= 4 is 17.2 Å².